The Morgan fingerprint density at radius 3 is 1.62 bits per heavy atom. The van der Waals surface area contributed by atoms with Crippen LogP contribution in [0.15, 0.2) is 72.8 Å². The standard InChI is InChI=1S/C24H26/c1-17(2)21-15-14-20(16-24(21)18(3)4)23-13-9-8-12-22(23)19-10-6-5-7-11-19/h5-18H,1-4H3. The van der Waals surface area contributed by atoms with E-state index in [1.807, 2.05) is 0 Å². The third-order valence-electron chi connectivity index (χ3n) is 4.65. The van der Waals surface area contributed by atoms with E-state index in [9.17, 15) is 0 Å². The minimum atomic E-state index is 0.534. The van der Waals surface area contributed by atoms with Gasteiger partial charge < -0.3 is 0 Å². The molecule has 3 aromatic carbocycles. The van der Waals surface area contributed by atoms with Crippen LogP contribution in [-0.4, -0.2) is 0 Å². The molecule has 0 aliphatic rings. The SMILES string of the molecule is CC(C)c1ccc(-c2ccccc2-c2ccccc2)cc1C(C)C. The molecule has 0 heterocycles. The molecular weight excluding hydrogens is 288 g/mol. The highest BCUT2D eigenvalue weighted by atomic mass is 14.2. The van der Waals surface area contributed by atoms with Gasteiger partial charge in [0.1, 0.15) is 0 Å². The maximum Gasteiger partial charge on any atom is -0.0105 e. The van der Waals surface area contributed by atoms with Crippen LogP contribution in [0, 0.1) is 0 Å². The van der Waals surface area contributed by atoms with Crippen LogP contribution in [0.4, 0.5) is 0 Å². The molecule has 0 nitrogen and oxygen atoms in total. The molecule has 0 aliphatic heterocycles. The molecule has 0 radical (unpaired) electrons. The van der Waals surface area contributed by atoms with Gasteiger partial charge in [-0.15, -0.1) is 0 Å². The molecule has 0 unspecified atom stereocenters. The quantitative estimate of drug-likeness (QED) is 0.475. The number of benzene rings is 3. The van der Waals surface area contributed by atoms with E-state index < -0.39 is 0 Å². The van der Waals surface area contributed by atoms with E-state index in [0.717, 1.165) is 0 Å². The molecule has 0 atom stereocenters. The average molecular weight is 314 g/mol. The number of hydrogen-bond donors (Lipinski definition) is 0. The first kappa shape index (κ1) is 16.5. The Balaban J connectivity index is 2.16. The van der Waals surface area contributed by atoms with Gasteiger partial charge in [-0.1, -0.05) is 100 Å². The van der Waals surface area contributed by atoms with Crippen LogP contribution in [-0.2, 0) is 0 Å². The fourth-order valence-corrected chi connectivity index (χ4v) is 3.37. The van der Waals surface area contributed by atoms with Crippen molar-refractivity contribution in [3.8, 4) is 22.3 Å². The molecule has 0 saturated heterocycles. The van der Waals surface area contributed by atoms with Crippen LogP contribution in [0.5, 0.6) is 0 Å². The molecule has 0 bridgehead atoms. The van der Waals surface area contributed by atoms with Crippen LogP contribution in [0.1, 0.15) is 50.7 Å². The summed E-state index contributed by atoms with van der Waals surface area (Å²) in [6, 6.07) is 26.3. The lowest BCUT2D eigenvalue weighted by Gasteiger charge is -2.18. The van der Waals surface area contributed by atoms with Crippen molar-refractivity contribution in [3.05, 3.63) is 83.9 Å². The molecular formula is C24H26. The van der Waals surface area contributed by atoms with Crippen molar-refractivity contribution in [2.45, 2.75) is 39.5 Å². The van der Waals surface area contributed by atoms with Crippen molar-refractivity contribution in [1.82, 2.24) is 0 Å². The van der Waals surface area contributed by atoms with Crippen molar-refractivity contribution in [2.24, 2.45) is 0 Å². The zero-order chi connectivity index (χ0) is 17.1. The maximum atomic E-state index is 2.39. The van der Waals surface area contributed by atoms with Gasteiger partial charge >= 0.3 is 0 Å². The summed E-state index contributed by atoms with van der Waals surface area (Å²) < 4.78 is 0. The van der Waals surface area contributed by atoms with Crippen LogP contribution in [0.2, 0.25) is 0 Å². The second-order valence-corrected chi connectivity index (χ2v) is 7.06. The topological polar surface area (TPSA) is 0 Å². The van der Waals surface area contributed by atoms with E-state index >= 15 is 0 Å². The second-order valence-electron chi connectivity index (χ2n) is 7.06. The Morgan fingerprint density at radius 2 is 1.04 bits per heavy atom. The lowest BCUT2D eigenvalue weighted by Crippen LogP contribution is -1.99. The van der Waals surface area contributed by atoms with Gasteiger partial charge in [-0.3, -0.25) is 0 Å². The minimum Gasteiger partial charge on any atom is -0.0622 e. The summed E-state index contributed by atoms with van der Waals surface area (Å²) in [6.45, 7) is 9.12. The molecule has 122 valence electrons. The van der Waals surface area contributed by atoms with Crippen molar-refractivity contribution >= 4 is 0 Å². The minimum absolute atomic E-state index is 0.534. The van der Waals surface area contributed by atoms with Crippen molar-refractivity contribution in [2.75, 3.05) is 0 Å². The Labute approximate surface area is 146 Å². The van der Waals surface area contributed by atoms with Gasteiger partial charge in [-0.25, -0.2) is 0 Å². The van der Waals surface area contributed by atoms with Gasteiger partial charge in [0.15, 0.2) is 0 Å². The highest BCUT2D eigenvalue weighted by Crippen LogP contribution is 2.35. The summed E-state index contributed by atoms with van der Waals surface area (Å²) in [6.07, 6.45) is 0. The van der Waals surface area contributed by atoms with Crippen LogP contribution in [0.3, 0.4) is 0 Å². The van der Waals surface area contributed by atoms with Gasteiger partial charge in [0.25, 0.3) is 0 Å². The van der Waals surface area contributed by atoms with Gasteiger partial charge in [-0.05, 0) is 45.2 Å². The fourth-order valence-electron chi connectivity index (χ4n) is 3.37. The van der Waals surface area contributed by atoms with Gasteiger partial charge in [0.05, 0.1) is 0 Å². The Hall–Kier alpha value is -2.34. The molecule has 0 N–H and O–H groups in total. The van der Waals surface area contributed by atoms with E-state index in [0.29, 0.717) is 11.8 Å². The lowest BCUT2D eigenvalue weighted by atomic mass is 9.86. The Morgan fingerprint density at radius 1 is 0.500 bits per heavy atom. The first-order valence-corrected chi connectivity index (χ1v) is 8.86. The molecule has 3 rings (SSSR count). The summed E-state index contributed by atoms with van der Waals surface area (Å²) in [4.78, 5) is 0. The number of rotatable bonds is 4. The average Bonchev–Trinajstić information content (AvgIpc) is 2.62. The summed E-state index contributed by atoms with van der Waals surface area (Å²) in [5.41, 5.74) is 8.11. The van der Waals surface area contributed by atoms with Crippen LogP contribution < -0.4 is 0 Å². The summed E-state index contributed by atoms with van der Waals surface area (Å²) in [7, 11) is 0. The molecule has 24 heavy (non-hydrogen) atoms. The predicted octanol–water partition coefficient (Wildman–Crippen LogP) is 7.27. The fraction of sp³-hybridized carbons (Fsp3) is 0.250. The zero-order valence-corrected chi connectivity index (χ0v) is 15.1. The van der Waals surface area contributed by atoms with Crippen molar-refractivity contribution < 1.29 is 0 Å². The Kier molecular flexibility index (Phi) is 4.85. The monoisotopic (exact) mass is 314 g/mol. The van der Waals surface area contributed by atoms with E-state index in [2.05, 4.69) is 100 Å². The van der Waals surface area contributed by atoms with E-state index in [1.165, 1.54) is 33.4 Å². The molecule has 0 spiro atoms. The smallest absolute Gasteiger partial charge is 0.0105 e. The van der Waals surface area contributed by atoms with E-state index in [1.54, 1.807) is 0 Å². The van der Waals surface area contributed by atoms with Crippen molar-refractivity contribution in [3.63, 3.8) is 0 Å². The first-order valence-electron chi connectivity index (χ1n) is 8.86. The summed E-state index contributed by atoms with van der Waals surface area (Å²) in [5.74, 6) is 1.09. The third-order valence-corrected chi connectivity index (χ3v) is 4.65. The van der Waals surface area contributed by atoms with Crippen molar-refractivity contribution in [1.29, 1.82) is 0 Å². The predicted molar refractivity (Wildman–Crippen MR) is 105 cm³/mol. The molecule has 0 amide bonds. The van der Waals surface area contributed by atoms with Gasteiger partial charge in [0.2, 0.25) is 0 Å². The Bertz CT molecular complexity index is 810. The largest absolute Gasteiger partial charge is 0.0622 e. The second kappa shape index (κ2) is 7.05. The molecule has 0 aromatic heterocycles. The normalized spacial score (nSPS) is 11.2. The molecule has 0 saturated carbocycles. The molecule has 0 aliphatic carbocycles. The summed E-state index contributed by atoms with van der Waals surface area (Å²) >= 11 is 0. The van der Waals surface area contributed by atoms with E-state index in [-0.39, 0.29) is 0 Å². The summed E-state index contributed by atoms with van der Waals surface area (Å²) in [5, 5.41) is 0. The zero-order valence-electron chi connectivity index (χ0n) is 15.1. The first-order chi connectivity index (χ1) is 11.6. The van der Waals surface area contributed by atoms with Gasteiger partial charge in [-0.2, -0.15) is 0 Å². The highest BCUT2D eigenvalue weighted by molar-refractivity contribution is 5.83. The highest BCUT2D eigenvalue weighted by Gasteiger charge is 2.13. The lowest BCUT2D eigenvalue weighted by molar-refractivity contribution is 0.791. The van der Waals surface area contributed by atoms with Gasteiger partial charge in [0, 0.05) is 0 Å². The third kappa shape index (κ3) is 3.28. The van der Waals surface area contributed by atoms with Crippen LogP contribution >= 0.6 is 0 Å². The molecule has 0 fully saturated rings. The van der Waals surface area contributed by atoms with E-state index in [4.69, 9.17) is 0 Å². The number of hydrogen-bond acceptors (Lipinski definition) is 0. The maximum absolute atomic E-state index is 2.39. The molecule has 0 heteroatoms. The van der Waals surface area contributed by atoms with Crippen LogP contribution in [0.25, 0.3) is 22.3 Å². The molecule has 3 aromatic rings.